The fourth-order valence-electron chi connectivity index (χ4n) is 5.72. The summed E-state index contributed by atoms with van der Waals surface area (Å²) in [7, 11) is 0. The average molecular weight is 435 g/mol. The third-order valence-corrected chi connectivity index (χ3v) is 7.42. The molecule has 5 heterocycles. The predicted molar refractivity (Wildman–Crippen MR) is 124 cm³/mol. The second-order valence-corrected chi connectivity index (χ2v) is 9.23. The van der Waals surface area contributed by atoms with Crippen LogP contribution in [0.25, 0.3) is 33.4 Å². The fraction of sp³-hybridized carbons (Fsp3) is 0.259. The molecule has 0 amide bonds. The third-order valence-electron chi connectivity index (χ3n) is 7.42. The van der Waals surface area contributed by atoms with E-state index in [9.17, 15) is 9.59 Å². The van der Waals surface area contributed by atoms with Crippen molar-refractivity contribution < 1.29 is 9.53 Å². The molecule has 7 rings (SSSR count). The van der Waals surface area contributed by atoms with Gasteiger partial charge in [-0.2, -0.15) is 0 Å². The van der Waals surface area contributed by atoms with E-state index in [-0.39, 0.29) is 18.1 Å². The van der Waals surface area contributed by atoms with Gasteiger partial charge in [-0.25, -0.2) is 4.98 Å². The Morgan fingerprint density at radius 3 is 2.76 bits per heavy atom. The van der Waals surface area contributed by atoms with Gasteiger partial charge in [0.25, 0.3) is 5.56 Å². The Morgan fingerprint density at radius 1 is 1.09 bits per heavy atom. The number of ether oxygens (including phenoxy) is 1. The van der Waals surface area contributed by atoms with Crippen LogP contribution in [0.4, 0.5) is 0 Å². The van der Waals surface area contributed by atoms with E-state index in [2.05, 4.69) is 23.2 Å². The summed E-state index contributed by atoms with van der Waals surface area (Å²) in [5.74, 6) is -0.749. The highest BCUT2D eigenvalue weighted by Crippen LogP contribution is 2.43. The lowest BCUT2D eigenvalue weighted by Crippen LogP contribution is -2.31. The number of carbonyl (C=O) groups excluding carboxylic acids is 1. The molecule has 3 aromatic heterocycles. The van der Waals surface area contributed by atoms with Gasteiger partial charge in [0.05, 0.1) is 34.9 Å². The van der Waals surface area contributed by atoms with Crippen molar-refractivity contribution >= 4 is 16.9 Å². The molecule has 1 atom stereocenters. The molecule has 33 heavy (non-hydrogen) atoms. The maximum atomic E-state index is 13.5. The van der Waals surface area contributed by atoms with Gasteiger partial charge in [-0.1, -0.05) is 6.07 Å². The molecule has 0 fully saturated rings. The van der Waals surface area contributed by atoms with Crippen molar-refractivity contribution in [3.8, 4) is 22.5 Å². The highest BCUT2D eigenvalue weighted by molar-refractivity contribution is 6.00. The van der Waals surface area contributed by atoms with Crippen molar-refractivity contribution in [1.82, 2.24) is 14.5 Å². The summed E-state index contributed by atoms with van der Waals surface area (Å²) >= 11 is 0. The highest BCUT2D eigenvalue weighted by atomic mass is 16.5. The number of benzene rings is 1. The van der Waals surface area contributed by atoms with Crippen LogP contribution in [-0.2, 0) is 35.5 Å². The first-order valence-electron chi connectivity index (χ1n) is 11.4. The quantitative estimate of drug-likeness (QED) is 0.370. The second kappa shape index (κ2) is 6.61. The molecule has 0 bridgehead atoms. The summed E-state index contributed by atoms with van der Waals surface area (Å²) in [6.45, 7) is 2.28. The lowest BCUT2D eigenvalue weighted by molar-refractivity contribution is -0.147. The molecule has 0 radical (unpaired) electrons. The minimum Gasteiger partial charge on any atom is -0.460 e. The Bertz CT molecular complexity index is 1570. The van der Waals surface area contributed by atoms with E-state index in [0.29, 0.717) is 12.1 Å². The Kier molecular flexibility index (Phi) is 3.75. The first-order valence-corrected chi connectivity index (χ1v) is 11.4. The Hall–Kier alpha value is -3.80. The van der Waals surface area contributed by atoms with Crippen molar-refractivity contribution in [3.63, 3.8) is 0 Å². The van der Waals surface area contributed by atoms with Gasteiger partial charge in [0.15, 0.2) is 0 Å². The smallest absolute Gasteiger partial charge is 0.313 e. The van der Waals surface area contributed by atoms with E-state index in [0.717, 1.165) is 57.4 Å². The van der Waals surface area contributed by atoms with Crippen LogP contribution >= 0.6 is 0 Å². The summed E-state index contributed by atoms with van der Waals surface area (Å²) in [6.07, 6.45) is 7.00. The molecule has 162 valence electrons. The first kappa shape index (κ1) is 18.7. The largest absolute Gasteiger partial charge is 0.460 e. The normalized spacial score (nSPS) is 18.0. The third kappa shape index (κ3) is 2.55. The van der Waals surface area contributed by atoms with Crippen LogP contribution < -0.4 is 5.56 Å². The van der Waals surface area contributed by atoms with Gasteiger partial charge < -0.3 is 9.30 Å². The lowest BCUT2D eigenvalue weighted by Gasteiger charge is -2.22. The molecule has 3 aliphatic rings. The molecule has 4 aromatic rings. The number of nitrogens with zero attached hydrogens (tertiary/aromatic N) is 3. The molecule has 1 aromatic carbocycles. The van der Waals surface area contributed by atoms with Crippen LogP contribution in [0.5, 0.6) is 0 Å². The zero-order chi connectivity index (χ0) is 22.3. The number of hydrogen-bond donors (Lipinski definition) is 0. The summed E-state index contributed by atoms with van der Waals surface area (Å²) < 4.78 is 7.05. The van der Waals surface area contributed by atoms with E-state index in [1.807, 2.05) is 18.3 Å². The molecular weight excluding hydrogens is 414 g/mol. The van der Waals surface area contributed by atoms with Crippen LogP contribution in [0.3, 0.4) is 0 Å². The monoisotopic (exact) mass is 435 g/mol. The fourth-order valence-corrected chi connectivity index (χ4v) is 5.72. The van der Waals surface area contributed by atoms with Gasteiger partial charge in [0, 0.05) is 28.9 Å². The molecular formula is C27H21N3O3. The standard InChI is InChI=1S/C27H21N3O3/c1-14-18-10-23-25-20(12-30(23)26(31)21(18)13-33-27(14)32)24(17-6-3-7-28-11-17)19-8-15-4-2-5-16(15)9-22(19)29-25/h3,6-11,14H,2,4-5,12-13H2,1H3. The Morgan fingerprint density at radius 2 is 1.94 bits per heavy atom. The summed E-state index contributed by atoms with van der Waals surface area (Å²) in [6, 6.07) is 10.5. The van der Waals surface area contributed by atoms with Gasteiger partial charge in [0.2, 0.25) is 0 Å². The average Bonchev–Trinajstić information content (AvgIpc) is 3.44. The highest BCUT2D eigenvalue weighted by Gasteiger charge is 2.34. The zero-order valence-electron chi connectivity index (χ0n) is 18.2. The van der Waals surface area contributed by atoms with E-state index in [4.69, 9.17) is 9.72 Å². The number of fused-ring (bicyclic) bond motifs is 6. The zero-order valence-corrected chi connectivity index (χ0v) is 18.2. The van der Waals surface area contributed by atoms with Crippen molar-refractivity contribution in [3.05, 3.63) is 80.9 Å². The SMILES string of the molecule is CC1C(=O)OCc2c1cc1n(c2=O)Cc2c-1nc1cc3c(cc1c2-c1cccnc1)CCC3. The van der Waals surface area contributed by atoms with Gasteiger partial charge in [-0.05, 0) is 72.7 Å². The molecule has 0 N–H and O–H groups in total. The minimum absolute atomic E-state index is 0.0333. The minimum atomic E-state index is -0.460. The number of aryl methyl sites for hydroxylation is 2. The predicted octanol–water partition coefficient (Wildman–Crippen LogP) is 4.14. The number of pyridine rings is 3. The number of rotatable bonds is 1. The van der Waals surface area contributed by atoms with Gasteiger partial charge in [0.1, 0.15) is 6.61 Å². The summed E-state index contributed by atoms with van der Waals surface area (Å²) in [5, 5.41) is 1.11. The number of hydrogen-bond acceptors (Lipinski definition) is 5. The molecule has 0 saturated carbocycles. The van der Waals surface area contributed by atoms with Crippen LogP contribution in [0.15, 0.2) is 47.5 Å². The van der Waals surface area contributed by atoms with Crippen molar-refractivity contribution in [2.75, 3.05) is 0 Å². The van der Waals surface area contributed by atoms with Crippen LogP contribution in [0, 0.1) is 0 Å². The van der Waals surface area contributed by atoms with Crippen LogP contribution in [-0.4, -0.2) is 20.5 Å². The van der Waals surface area contributed by atoms with Crippen LogP contribution in [0.1, 0.15) is 47.1 Å². The van der Waals surface area contributed by atoms with Gasteiger partial charge >= 0.3 is 5.97 Å². The van der Waals surface area contributed by atoms with E-state index >= 15 is 0 Å². The Balaban J connectivity index is 1.56. The number of cyclic esters (lactones) is 1. The molecule has 0 saturated heterocycles. The number of esters is 1. The second-order valence-electron chi connectivity index (χ2n) is 9.23. The number of aromatic nitrogens is 3. The summed E-state index contributed by atoms with van der Waals surface area (Å²) in [5.41, 5.74) is 9.70. The van der Waals surface area contributed by atoms with Gasteiger partial charge in [-0.15, -0.1) is 0 Å². The van der Waals surface area contributed by atoms with Crippen molar-refractivity contribution in [1.29, 1.82) is 0 Å². The molecule has 6 heteroatoms. The molecule has 2 aliphatic heterocycles. The van der Waals surface area contributed by atoms with E-state index in [1.165, 1.54) is 17.5 Å². The molecule has 0 spiro atoms. The molecule has 6 nitrogen and oxygen atoms in total. The molecule has 1 aliphatic carbocycles. The number of carbonyl (C=O) groups is 1. The van der Waals surface area contributed by atoms with Gasteiger partial charge in [-0.3, -0.25) is 14.6 Å². The summed E-state index contributed by atoms with van der Waals surface area (Å²) in [4.78, 5) is 35.1. The van der Waals surface area contributed by atoms with Crippen molar-refractivity contribution in [2.24, 2.45) is 0 Å². The topological polar surface area (TPSA) is 74.1 Å². The lowest BCUT2D eigenvalue weighted by atomic mass is 9.92. The first-order chi connectivity index (χ1) is 16.1. The maximum Gasteiger partial charge on any atom is 0.313 e. The Labute approximate surface area is 189 Å². The maximum absolute atomic E-state index is 13.5. The van der Waals surface area contributed by atoms with E-state index < -0.39 is 5.92 Å². The van der Waals surface area contributed by atoms with E-state index in [1.54, 1.807) is 17.7 Å². The molecule has 1 unspecified atom stereocenters. The van der Waals surface area contributed by atoms with Crippen molar-refractivity contribution in [2.45, 2.75) is 45.3 Å². The van der Waals surface area contributed by atoms with Crippen LogP contribution in [0.2, 0.25) is 0 Å².